The van der Waals surface area contributed by atoms with Gasteiger partial charge in [0.2, 0.25) is 0 Å². The van der Waals surface area contributed by atoms with E-state index in [0.29, 0.717) is 10.0 Å². The number of carbonyl (C=O) groups is 1. The van der Waals surface area contributed by atoms with E-state index in [9.17, 15) is 9.18 Å². The van der Waals surface area contributed by atoms with Crippen LogP contribution in [0.3, 0.4) is 0 Å². The summed E-state index contributed by atoms with van der Waals surface area (Å²) in [6.07, 6.45) is 0. The Bertz CT molecular complexity index is 657. The van der Waals surface area contributed by atoms with Crippen molar-refractivity contribution in [3.8, 4) is 5.75 Å². The molecular formula is C16H14BrFO2. The van der Waals surface area contributed by atoms with Gasteiger partial charge >= 0.3 is 0 Å². The molecule has 0 radical (unpaired) electrons. The molecule has 0 bridgehead atoms. The number of aryl methyl sites for hydroxylation is 2. The predicted octanol–water partition coefficient (Wildman–Crippen LogP) is 4.44. The number of hydrogen-bond acceptors (Lipinski definition) is 2. The molecule has 0 atom stereocenters. The number of ketones is 1. The summed E-state index contributed by atoms with van der Waals surface area (Å²) in [5, 5.41) is 0. The number of hydrogen-bond donors (Lipinski definition) is 0. The normalized spacial score (nSPS) is 10.4. The molecule has 20 heavy (non-hydrogen) atoms. The predicted molar refractivity (Wildman–Crippen MR) is 80.0 cm³/mol. The molecule has 0 spiro atoms. The van der Waals surface area contributed by atoms with Gasteiger partial charge in [-0.2, -0.15) is 0 Å². The van der Waals surface area contributed by atoms with Crippen LogP contribution in [0.1, 0.15) is 27.0 Å². The minimum Gasteiger partial charge on any atom is -0.496 e. The first-order valence-corrected chi connectivity index (χ1v) is 6.88. The van der Waals surface area contributed by atoms with E-state index < -0.39 is 5.82 Å². The second kappa shape index (κ2) is 5.75. The molecule has 2 aromatic rings. The van der Waals surface area contributed by atoms with Gasteiger partial charge in [0.1, 0.15) is 11.6 Å². The first kappa shape index (κ1) is 14.7. The first-order valence-electron chi connectivity index (χ1n) is 6.09. The van der Waals surface area contributed by atoms with E-state index in [1.807, 2.05) is 13.8 Å². The number of benzene rings is 2. The van der Waals surface area contributed by atoms with E-state index in [2.05, 4.69) is 15.9 Å². The number of ether oxygens (including phenoxy) is 1. The maximum absolute atomic E-state index is 13.8. The lowest BCUT2D eigenvalue weighted by Gasteiger charge is -2.11. The van der Waals surface area contributed by atoms with Gasteiger partial charge in [-0.25, -0.2) is 4.39 Å². The molecule has 0 unspecified atom stereocenters. The van der Waals surface area contributed by atoms with Crippen LogP contribution in [0.5, 0.6) is 5.75 Å². The van der Waals surface area contributed by atoms with E-state index in [-0.39, 0.29) is 11.3 Å². The van der Waals surface area contributed by atoms with E-state index in [4.69, 9.17) is 4.74 Å². The van der Waals surface area contributed by atoms with Crippen LogP contribution in [-0.2, 0) is 0 Å². The lowest BCUT2D eigenvalue weighted by atomic mass is 9.98. The van der Waals surface area contributed by atoms with Gasteiger partial charge in [-0.15, -0.1) is 0 Å². The van der Waals surface area contributed by atoms with Crippen LogP contribution in [0.25, 0.3) is 0 Å². The lowest BCUT2D eigenvalue weighted by Crippen LogP contribution is -2.06. The second-order valence-electron chi connectivity index (χ2n) is 4.60. The number of carbonyl (C=O) groups excluding carboxylic acids is 1. The maximum Gasteiger partial charge on any atom is 0.196 e. The highest BCUT2D eigenvalue weighted by Gasteiger charge is 2.16. The summed E-state index contributed by atoms with van der Waals surface area (Å²) in [6, 6.07) is 7.77. The largest absolute Gasteiger partial charge is 0.496 e. The molecule has 0 heterocycles. The SMILES string of the molecule is COc1c(C)cc(C(=O)c2cc(Br)ccc2F)cc1C. The number of methoxy groups -OCH3 is 1. The van der Waals surface area contributed by atoms with Gasteiger partial charge in [0.05, 0.1) is 12.7 Å². The molecule has 0 aliphatic rings. The molecule has 0 aromatic heterocycles. The Labute approximate surface area is 125 Å². The third-order valence-corrected chi connectivity index (χ3v) is 3.59. The molecule has 4 heteroatoms. The van der Waals surface area contributed by atoms with Gasteiger partial charge < -0.3 is 4.74 Å². The number of rotatable bonds is 3. The summed E-state index contributed by atoms with van der Waals surface area (Å²) in [5.74, 6) is -0.113. The van der Waals surface area contributed by atoms with Crippen molar-refractivity contribution in [3.05, 3.63) is 62.9 Å². The molecule has 2 nitrogen and oxygen atoms in total. The van der Waals surface area contributed by atoms with Crippen molar-refractivity contribution in [2.75, 3.05) is 7.11 Å². The minimum absolute atomic E-state index is 0.0586. The van der Waals surface area contributed by atoms with Gasteiger partial charge in [-0.3, -0.25) is 4.79 Å². The van der Waals surface area contributed by atoms with Crippen LogP contribution in [-0.4, -0.2) is 12.9 Å². The minimum atomic E-state index is -0.524. The fourth-order valence-corrected chi connectivity index (χ4v) is 2.59. The summed E-state index contributed by atoms with van der Waals surface area (Å²) in [4.78, 5) is 12.4. The first-order chi connectivity index (χ1) is 9.43. The quantitative estimate of drug-likeness (QED) is 0.774. The smallest absolute Gasteiger partial charge is 0.196 e. The molecular weight excluding hydrogens is 323 g/mol. The van der Waals surface area contributed by atoms with Crippen LogP contribution in [0.4, 0.5) is 4.39 Å². The molecule has 0 aliphatic carbocycles. The third-order valence-electron chi connectivity index (χ3n) is 3.10. The zero-order valence-corrected chi connectivity index (χ0v) is 13.0. The monoisotopic (exact) mass is 336 g/mol. The summed E-state index contributed by atoms with van der Waals surface area (Å²) in [5.41, 5.74) is 2.22. The van der Waals surface area contributed by atoms with E-state index >= 15 is 0 Å². The molecule has 104 valence electrons. The molecule has 0 saturated heterocycles. The van der Waals surface area contributed by atoms with Crippen molar-refractivity contribution >= 4 is 21.7 Å². The lowest BCUT2D eigenvalue weighted by molar-refractivity contribution is 0.103. The standard InChI is InChI=1S/C16H14BrFO2/c1-9-6-11(7-10(2)16(9)20-3)15(19)13-8-12(17)4-5-14(13)18/h4-8H,1-3H3. The molecule has 0 amide bonds. The zero-order valence-electron chi connectivity index (χ0n) is 11.5. The molecule has 0 fully saturated rings. The Morgan fingerprint density at radius 3 is 2.30 bits per heavy atom. The van der Waals surface area contributed by atoms with E-state index in [1.165, 1.54) is 12.1 Å². The van der Waals surface area contributed by atoms with Crippen LogP contribution in [0.15, 0.2) is 34.8 Å². The van der Waals surface area contributed by atoms with Crippen molar-refractivity contribution in [1.82, 2.24) is 0 Å². The second-order valence-corrected chi connectivity index (χ2v) is 5.51. The van der Waals surface area contributed by atoms with Crippen LogP contribution >= 0.6 is 15.9 Å². The average molecular weight is 337 g/mol. The molecule has 0 N–H and O–H groups in total. The Kier molecular flexibility index (Phi) is 4.23. The summed E-state index contributed by atoms with van der Waals surface area (Å²) in [6.45, 7) is 3.72. The molecule has 0 saturated carbocycles. The van der Waals surface area contributed by atoms with E-state index in [0.717, 1.165) is 16.9 Å². The summed E-state index contributed by atoms with van der Waals surface area (Å²) in [7, 11) is 1.59. The van der Waals surface area contributed by atoms with E-state index in [1.54, 1.807) is 25.3 Å². The fourth-order valence-electron chi connectivity index (χ4n) is 2.23. The van der Waals surface area contributed by atoms with Gasteiger partial charge in [-0.05, 0) is 55.3 Å². The molecule has 0 aliphatic heterocycles. The maximum atomic E-state index is 13.8. The summed E-state index contributed by atoms with van der Waals surface area (Å²) >= 11 is 3.25. The summed E-state index contributed by atoms with van der Waals surface area (Å²) < 4.78 is 19.7. The van der Waals surface area contributed by atoms with Gasteiger partial charge in [0.15, 0.2) is 5.78 Å². The van der Waals surface area contributed by atoms with Crippen molar-refractivity contribution < 1.29 is 13.9 Å². The fraction of sp³-hybridized carbons (Fsp3) is 0.188. The zero-order chi connectivity index (χ0) is 14.9. The van der Waals surface area contributed by atoms with Gasteiger partial charge in [0, 0.05) is 10.0 Å². The van der Waals surface area contributed by atoms with Gasteiger partial charge in [0.25, 0.3) is 0 Å². The third kappa shape index (κ3) is 2.75. The highest BCUT2D eigenvalue weighted by molar-refractivity contribution is 9.10. The Balaban J connectivity index is 2.51. The topological polar surface area (TPSA) is 26.3 Å². The Morgan fingerprint density at radius 1 is 1.15 bits per heavy atom. The molecule has 2 aromatic carbocycles. The highest BCUT2D eigenvalue weighted by Crippen LogP contribution is 2.26. The van der Waals surface area contributed by atoms with Crippen LogP contribution < -0.4 is 4.74 Å². The van der Waals surface area contributed by atoms with Crippen LogP contribution in [0.2, 0.25) is 0 Å². The van der Waals surface area contributed by atoms with Crippen molar-refractivity contribution in [3.63, 3.8) is 0 Å². The van der Waals surface area contributed by atoms with Crippen molar-refractivity contribution in [2.45, 2.75) is 13.8 Å². The Hall–Kier alpha value is -1.68. The van der Waals surface area contributed by atoms with Crippen molar-refractivity contribution in [1.29, 1.82) is 0 Å². The molecule has 2 rings (SSSR count). The Morgan fingerprint density at radius 2 is 1.75 bits per heavy atom. The highest BCUT2D eigenvalue weighted by atomic mass is 79.9. The van der Waals surface area contributed by atoms with Gasteiger partial charge in [-0.1, -0.05) is 15.9 Å². The average Bonchev–Trinajstić information content (AvgIpc) is 2.40. The van der Waals surface area contributed by atoms with Crippen LogP contribution in [0, 0.1) is 19.7 Å². The van der Waals surface area contributed by atoms with Crippen molar-refractivity contribution in [2.24, 2.45) is 0 Å². The number of halogens is 2.